The second-order valence-corrected chi connectivity index (χ2v) is 9.17. The number of amides is 1. The fraction of sp³-hybridized carbons (Fsp3) is 0.480. The summed E-state index contributed by atoms with van der Waals surface area (Å²) in [6, 6.07) is 16.7. The molecule has 0 saturated carbocycles. The molecule has 1 unspecified atom stereocenters. The first-order valence-corrected chi connectivity index (χ1v) is 10.9. The van der Waals surface area contributed by atoms with Crippen LogP contribution in [0.3, 0.4) is 0 Å². The third kappa shape index (κ3) is 4.62. The molecule has 5 nitrogen and oxygen atoms in total. The zero-order chi connectivity index (χ0) is 21.1. The summed E-state index contributed by atoms with van der Waals surface area (Å²) < 4.78 is 11.4. The molecule has 0 spiro atoms. The van der Waals surface area contributed by atoms with Crippen molar-refractivity contribution in [3.63, 3.8) is 0 Å². The Morgan fingerprint density at radius 2 is 1.80 bits per heavy atom. The molecule has 0 bridgehead atoms. The Hall–Kier alpha value is -2.53. The van der Waals surface area contributed by atoms with E-state index in [0.717, 1.165) is 36.4 Å². The minimum atomic E-state index is -0.237. The predicted molar refractivity (Wildman–Crippen MR) is 118 cm³/mol. The fourth-order valence-electron chi connectivity index (χ4n) is 4.38. The monoisotopic (exact) mass is 408 g/mol. The number of likely N-dealkylation sites (tertiary alicyclic amines) is 1. The Morgan fingerprint density at radius 1 is 1.07 bits per heavy atom. The molecule has 2 aromatic carbocycles. The SMILES string of the molecule is CC(C)(C)N(Cc1ccccc1)C(=O)CN1CCCC1c1ccc2c(c1)OCCO2. The van der Waals surface area contributed by atoms with Crippen LogP contribution in [0, 0.1) is 0 Å². The van der Waals surface area contributed by atoms with Crippen LogP contribution in [-0.2, 0) is 11.3 Å². The van der Waals surface area contributed by atoms with Crippen molar-refractivity contribution in [3.05, 3.63) is 59.7 Å². The van der Waals surface area contributed by atoms with Crippen LogP contribution < -0.4 is 9.47 Å². The van der Waals surface area contributed by atoms with Gasteiger partial charge in [-0.15, -0.1) is 0 Å². The third-order valence-corrected chi connectivity index (χ3v) is 5.95. The molecule has 0 radical (unpaired) electrons. The number of rotatable bonds is 5. The highest BCUT2D eigenvalue weighted by molar-refractivity contribution is 5.79. The van der Waals surface area contributed by atoms with Gasteiger partial charge in [-0.3, -0.25) is 9.69 Å². The molecular weight excluding hydrogens is 376 g/mol. The zero-order valence-corrected chi connectivity index (χ0v) is 18.3. The highest BCUT2D eigenvalue weighted by Crippen LogP contribution is 2.38. The van der Waals surface area contributed by atoms with E-state index in [-0.39, 0.29) is 17.5 Å². The van der Waals surface area contributed by atoms with Crippen LogP contribution >= 0.6 is 0 Å². The molecule has 2 aromatic rings. The summed E-state index contributed by atoms with van der Waals surface area (Å²) in [5, 5.41) is 0. The van der Waals surface area contributed by atoms with Crippen molar-refractivity contribution in [2.24, 2.45) is 0 Å². The maximum absolute atomic E-state index is 13.4. The summed E-state index contributed by atoms with van der Waals surface area (Å²) in [5.74, 6) is 1.81. The van der Waals surface area contributed by atoms with Crippen molar-refractivity contribution in [1.29, 1.82) is 0 Å². The van der Waals surface area contributed by atoms with Gasteiger partial charge in [0.25, 0.3) is 0 Å². The summed E-state index contributed by atoms with van der Waals surface area (Å²) in [6.45, 7) is 9.51. The Kier molecular flexibility index (Phi) is 6.00. The lowest BCUT2D eigenvalue weighted by molar-refractivity contribution is -0.138. The van der Waals surface area contributed by atoms with Crippen LogP contribution in [0.5, 0.6) is 11.5 Å². The van der Waals surface area contributed by atoms with E-state index in [1.807, 2.05) is 29.2 Å². The normalized spacial score (nSPS) is 19.0. The van der Waals surface area contributed by atoms with Crippen molar-refractivity contribution in [2.75, 3.05) is 26.3 Å². The molecule has 5 heteroatoms. The highest BCUT2D eigenvalue weighted by Gasteiger charge is 2.33. The van der Waals surface area contributed by atoms with Crippen LogP contribution in [0.4, 0.5) is 0 Å². The molecule has 4 rings (SSSR count). The van der Waals surface area contributed by atoms with Gasteiger partial charge < -0.3 is 14.4 Å². The zero-order valence-electron chi connectivity index (χ0n) is 18.3. The minimum absolute atomic E-state index is 0.177. The van der Waals surface area contributed by atoms with E-state index in [4.69, 9.17) is 9.47 Å². The van der Waals surface area contributed by atoms with Crippen LogP contribution in [0.1, 0.15) is 50.8 Å². The third-order valence-electron chi connectivity index (χ3n) is 5.95. The van der Waals surface area contributed by atoms with Crippen LogP contribution in [-0.4, -0.2) is 47.5 Å². The number of carbonyl (C=O) groups excluding carboxylic acids is 1. The van der Waals surface area contributed by atoms with Crippen molar-refractivity contribution >= 4 is 5.91 Å². The number of ether oxygens (including phenoxy) is 2. The van der Waals surface area contributed by atoms with E-state index < -0.39 is 0 Å². The van der Waals surface area contributed by atoms with Crippen LogP contribution in [0.25, 0.3) is 0 Å². The Morgan fingerprint density at radius 3 is 2.53 bits per heavy atom. The van der Waals surface area contributed by atoms with E-state index in [0.29, 0.717) is 26.3 Å². The van der Waals surface area contributed by atoms with Crippen molar-refractivity contribution in [1.82, 2.24) is 9.80 Å². The number of carbonyl (C=O) groups is 1. The van der Waals surface area contributed by atoms with Gasteiger partial charge in [0.2, 0.25) is 5.91 Å². The molecule has 2 aliphatic heterocycles. The lowest BCUT2D eigenvalue weighted by Crippen LogP contribution is -2.49. The highest BCUT2D eigenvalue weighted by atomic mass is 16.6. The van der Waals surface area contributed by atoms with E-state index >= 15 is 0 Å². The Labute approximate surface area is 179 Å². The van der Waals surface area contributed by atoms with Crippen LogP contribution in [0.15, 0.2) is 48.5 Å². The molecule has 160 valence electrons. The van der Waals surface area contributed by atoms with E-state index in [9.17, 15) is 4.79 Å². The number of benzene rings is 2. The first-order valence-electron chi connectivity index (χ1n) is 10.9. The van der Waals surface area contributed by atoms with E-state index in [1.54, 1.807) is 0 Å². The molecular formula is C25H32N2O3. The number of hydrogen-bond acceptors (Lipinski definition) is 4. The average molecular weight is 409 g/mol. The summed E-state index contributed by atoms with van der Waals surface area (Å²) >= 11 is 0. The van der Waals surface area contributed by atoms with Gasteiger partial charge >= 0.3 is 0 Å². The van der Waals surface area contributed by atoms with Gasteiger partial charge in [0.1, 0.15) is 13.2 Å². The predicted octanol–water partition coefficient (Wildman–Crippen LogP) is 4.42. The summed E-state index contributed by atoms with van der Waals surface area (Å²) in [6.07, 6.45) is 2.15. The molecule has 0 aliphatic carbocycles. The first kappa shape index (κ1) is 20.7. The van der Waals surface area contributed by atoms with Gasteiger partial charge in [0.05, 0.1) is 6.54 Å². The van der Waals surface area contributed by atoms with Crippen molar-refractivity contribution in [3.8, 4) is 11.5 Å². The molecule has 1 atom stereocenters. The average Bonchev–Trinajstić information content (AvgIpc) is 3.19. The van der Waals surface area contributed by atoms with E-state index in [1.165, 1.54) is 5.56 Å². The summed E-state index contributed by atoms with van der Waals surface area (Å²) in [4.78, 5) is 17.7. The number of nitrogens with zero attached hydrogens (tertiary/aromatic N) is 2. The fourth-order valence-corrected chi connectivity index (χ4v) is 4.38. The molecule has 0 aromatic heterocycles. The molecule has 1 amide bonds. The van der Waals surface area contributed by atoms with E-state index in [2.05, 4.69) is 49.9 Å². The Balaban J connectivity index is 1.49. The topological polar surface area (TPSA) is 42.0 Å². The first-order chi connectivity index (χ1) is 14.4. The number of fused-ring (bicyclic) bond motifs is 1. The van der Waals surface area contributed by atoms with Gasteiger partial charge in [-0.1, -0.05) is 36.4 Å². The molecule has 1 fully saturated rings. The molecule has 30 heavy (non-hydrogen) atoms. The minimum Gasteiger partial charge on any atom is -0.486 e. The lowest BCUT2D eigenvalue weighted by Gasteiger charge is -2.38. The smallest absolute Gasteiger partial charge is 0.237 e. The summed E-state index contributed by atoms with van der Waals surface area (Å²) in [5.41, 5.74) is 2.12. The van der Waals surface area contributed by atoms with Gasteiger partial charge in [-0.2, -0.15) is 0 Å². The van der Waals surface area contributed by atoms with Gasteiger partial charge in [0.15, 0.2) is 11.5 Å². The Bertz CT molecular complexity index is 876. The van der Waals surface area contributed by atoms with Gasteiger partial charge in [-0.25, -0.2) is 0 Å². The maximum Gasteiger partial charge on any atom is 0.237 e. The number of hydrogen-bond donors (Lipinski definition) is 0. The van der Waals surface area contributed by atoms with Gasteiger partial charge in [0, 0.05) is 18.1 Å². The standard InChI is InChI=1S/C25H32N2O3/c1-25(2,3)27(17-19-8-5-4-6-9-19)24(28)18-26-13-7-10-21(26)20-11-12-22-23(16-20)30-15-14-29-22/h4-6,8-9,11-12,16,21H,7,10,13-15,17-18H2,1-3H3. The molecule has 2 aliphatic rings. The lowest BCUT2D eigenvalue weighted by atomic mass is 10.0. The largest absolute Gasteiger partial charge is 0.486 e. The van der Waals surface area contributed by atoms with Crippen molar-refractivity contribution in [2.45, 2.75) is 51.7 Å². The van der Waals surface area contributed by atoms with Crippen molar-refractivity contribution < 1.29 is 14.3 Å². The summed E-state index contributed by atoms with van der Waals surface area (Å²) in [7, 11) is 0. The molecule has 1 saturated heterocycles. The quantitative estimate of drug-likeness (QED) is 0.734. The molecule has 0 N–H and O–H groups in total. The van der Waals surface area contributed by atoms with Gasteiger partial charge in [-0.05, 0) is 63.4 Å². The second kappa shape index (κ2) is 8.68. The van der Waals surface area contributed by atoms with Crippen LogP contribution in [0.2, 0.25) is 0 Å². The molecule has 2 heterocycles. The maximum atomic E-state index is 13.4. The second-order valence-electron chi connectivity index (χ2n) is 9.17.